The first-order valence-corrected chi connectivity index (χ1v) is 7.99. The lowest BCUT2D eigenvalue weighted by atomic mass is 9.99. The van der Waals surface area contributed by atoms with Gasteiger partial charge in [0.05, 0.1) is 0 Å². The van der Waals surface area contributed by atoms with Crippen LogP contribution in [0.2, 0.25) is 12.1 Å². The smallest absolute Gasteiger partial charge is 0.289 e. The van der Waals surface area contributed by atoms with E-state index in [0.717, 1.165) is 18.7 Å². The highest BCUT2D eigenvalue weighted by atomic mass is 35.6. The fourth-order valence-corrected chi connectivity index (χ4v) is 2.56. The first kappa shape index (κ1) is 12.5. The molecular formula is C9H21ClOSi. The number of hydrogen-bond acceptors (Lipinski definition) is 1. The van der Waals surface area contributed by atoms with E-state index < -0.39 is 7.63 Å². The van der Waals surface area contributed by atoms with Gasteiger partial charge in [-0.15, -0.1) is 11.1 Å². The highest BCUT2D eigenvalue weighted by Gasteiger charge is 2.29. The quantitative estimate of drug-likeness (QED) is 0.505. The van der Waals surface area contributed by atoms with Crippen LogP contribution in [0.1, 0.15) is 34.6 Å². The van der Waals surface area contributed by atoms with Gasteiger partial charge in [-0.25, -0.2) is 0 Å². The van der Waals surface area contributed by atoms with E-state index in [1.54, 1.807) is 0 Å². The van der Waals surface area contributed by atoms with Crippen LogP contribution in [-0.2, 0) is 4.43 Å². The molecule has 0 aromatic carbocycles. The Kier molecular flexibility index (Phi) is 4.81. The molecule has 0 aliphatic heterocycles. The molecule has 0 saturated carbocycles. The van der Waals surface area contributed by atoms with Crippen molar-refractivity contribution >= 4 is 18.7 Å². The predicted molar refractivity (Wildman–Crippen MR) is 58.0 cm³/mol. The Morgan fingerprint density at radius 3 is 1.83 bits per heavy atom. The second kappa shape index (κ2) is 4.63. The molecule has 0 aromatic heterocycles. The van der Waals surface area contributed by atoms with Crippen molar-refractivity contribution in [1.29, 1.82) is 0 Å². The van der Waals surface area contributed by atoms with E-state index >= 15 is 0 Å². The second-order valence-electron chi connectivity index (χ2n) is 4.44. The van der Waals surface area contributed by atoms with Crippen LogP contribution in [0.3, 0.4) is 0 Å². The second-order valence-corrected chi connectivity index (χ2v) is 9.98. The van der Waals surface area contributed by atoms with Crippen LogP contribution < -0.4 is 0 Å². The van der Waals surface area contributed by atoms with Gasteiger partial charge in [-0.3, -0.25) is 0 Å². The van der Waals surface area contributed by atoms with Gasteiger partial charge in [0, 0.05) is 6.61 Å². The largest absolute Gasteiger partial charge is 0.402 e. The van der Waals surface area contributed by atoms with Crippen LogP contribution >= 0.6 is 11.1 Å². The number of hydrogen-bond donors (Lipinski definition) is 0. The molecule has 0 amide bonds. The van der Waals surface area contributed by atoms with Crippen molar-refractivity contribution in [3.63, 3.8) is 0 Å². The minimum absolute atomic E-state index is 0.234. The van der Waals surface area contributed by atoms with Gasteiger partial charge in [0.1, 0.15) is 0 Å². The fourth-order valence-electron chi connectivity index (χ4n) is 0.800. The number of halogens is 1. The summed E-state index contributed by atoms with van der Waals surface area (Å²) in [6.45, 7) is 11.5. The van der Waals surface area contributed by atoms with Gasteiger partial charge < -0.3 is 4.43 Å². The summed E-state index contributed by atoms with van der Waals surface area (Å²) >= 11 is 6.33. The Balaban J connectivity index is 3.89. The van der Waals surface area contributed by atoms with Crippen molar-refractivity contribution in [2.45, 2.75) is 46.7 Å². The highest BCUT2D eigenvalue weighted by molar-refractivity contribution is 7.16. The van der Waals surface area contributed by atoms with E-state index in [4.69, 9.17) is 15.5 Å². The van der Waals surface area contributed by atoms with Crippen LogP contribution in [0, 0.1) is 5.41 Å². The third kappa shape index (κ3) is 5.17. The molecule has 0 bridgehead atoms. The highest BCUT2D eigenvalue weighted by Crippen LogP contribution is 2.25. The monoisotopic (exact) mass is 208 g/mol. The normalized spacial score (nSPS) is 13.5. The predicted octanol–water partition coefficient (Wildman–Crippen LogP) is 3.77. The maximum atomic E-state index is 6.33. The van der Waals surface area contributed by atoms with Gasteiger partial charge >= 0.3 is 0 Å². The van der Waals surface area contributed by atoms with E-state index in [0.29, 0.717) is 0 Å². The van der Waals surface area contributed by atoms with Crippen molar-refractivity contribution in [2.75, 3.05) is 6.61 Å². The molecule has 0 aliphatic rings. The maximum absolute atomic E-state index is 6.33. The SMILES string of the molecule is CC[Si](Cl)(CC)OCC(C)(C)C. The van der Waals surface area contributed by atoms with Gasteiger partial charge in [0.15, 0.2) is 0 Å². The summed E-state index contributed by atoms with van der Waals surface area (Å²) < 4.78 is 5.80. The van der Waals surface area contributed by atoms with Gasteiger partial charge in [-0.2, -0.15) is 0 Å². The molecule has 12 heavy (non-hydrogen) atoms. The lowest BCUT2D eigenvalue weighted by Gasteiger charge is -2.27. The first-order valence-electron chi connectivity index (χ1n) is 4.66. The molecular weight excluding hydrogens is 188 g/mol. The van der Waals surface area contributed by atoms with E-state index in [-0.39, 0.29) is 5.41 Å². The zero-order valence-corrected chi connectivity index (χ0v) is 10.7. The van der Waals surface area contributed by atoms with Gasteiger partial charge in [-0.1, -0.05) is 34.6 Å². The third-order valence-corrected chi connectivity index (χ3v) is 6.52. The topological polar surface area (TPSA) is 9.23 Å². The Morgan fingerprint density at radius 1 is 1.17 bits per heavy atom. The van der Waals surface area contributed by atoms with Crippen molar-refractivity contribution in [3.8, 4) is 0 Å². The van der Waals surface area contributed by atoms with Crippen molar-refractivity contribution in [3.05, 3.63) is 0 Å². The molecule has 1 nitrogen and oxygen atoms in total. The molecule has 74 valence electrons. The molecule has 0 radical (unpaired) electrons. The van der Waals surface area contributed by atoms with E-state index in [1.807, 2.05) is 0 Å². The van der Waals surface area contributed by atoms with Gasteiger partial charge in [0.2, 0.25) is 0 Å². The average molecular weight is 209 g/mol. The lowest BCUT2D eigenvalue weighted by molar-refractivity contribution is 0.193. The summed E-state index contributed by atoms with van der Waals surface area (Å²) in [5.74, 6) is 0. The molecule has 0 aliphatic carbocycles. The summed E-state index contributed by atoms with van der Waals surface area (Å²) in [6, 6.07) is 2.00. The van der Waals surface area contributed by atoms with E-state index in [2.05, 4.69) is 34.6 Å². The minimum Gasteiger partial charge on any atom is -0.402 e. The minimum atomic E-state index is -1.83. The molecule has 0 atom stereocenters. The summed E-state index contributed by atoms with van der Waals surface area (Å²) in [5.41, 5.74) is 0.234. The third-order valence-electron chi connectivity index (χ3n) is 1.82. The van der Waals surface area contributed by atoms with Crippen molar-refractivity contribution in [2.24, 2.45) is 5.41 Å². The maximum Gasteiger partial charge on any atom is 0.289 e. The van der Waals surface area contributed by atoms with E-state index in [9.17, 15) is 0 Å². The average Bonchev–Trinajstić information content (AvgIpc) is 1.99. The van der Waals surface area contributed by atoms with Crippen molar-refractivity contribution in [1.82, 2.24) is 0 Å². The molecule has 0 heterocycles. The molecule has 0 N–H and O–H groups in total. The molecule has 0 spiro atoms. The van der Waals surface area contributed by atoms with Crippen LogP contribution in [-0.4, -0.2) is 14.2 Å². The summed E-state index contributed by atoms with van der Waals surface area (Å²) in [7, 11) is -1.83. The molecule has 0 unspecified atom stereocenters. The van der Waals surface area contributed by atoms with Crippen LogP contribution in [0.5, 0.6) is 0 Å². The van der Waals surface area contributed by atoms with Crippen LogP contribution in [0.15, 0.2) is 0 Å². The summed E-state index contributed by atoms with van der Waals surface area (Å²) in [6.07, 6.45) is 0. The Labute approximate surface area is 82.3 Å². The van der Waals surface area contributed by atoms with E-state index in [1.165, 1.54) is 0 Å². The fraction of sp³-hybridized carbons (Fsp3) is 1.00. The first-order chi connectivity index (χ1) is 5.33. The Bertz CT molecular complexity index is 127. The summed E-state index contributed by atoms with van der Waals surface area (Å²) in [4.78, 5) is 0. The zero-order chi connectivity index (χ0) is 9.83. The standard InChI is InChI=1S/C9H21ClOSi/c1-6-12(10,7-2)11-8-9(3,4)5/h6-8H2,1-5H3. The summed E-state index contributed by atoms with van der Waals surface area (Å²) in [5, 5.41) is 0. The molecule has 0 saturated heterocycles. The lowest BCUT2D eigenvalue weighted by Crippen LogP contribution is -2.33. The van der Waals surface area contributed by atoms with Crippen LogP contribution in [0.4, 0.5) is 0 Å². The molecule has 3 heteroatoms. The molecule has 0 aromatic rings. The Hall–Kier alpha value is 0.467. The Morgan fingerprint density at radius 2 is 1.58 bits per heavy atom. The number of rotatable bonds is 4. The molecule has 0 rings (SSSR count). The van der Waals surface area contributed by atoms with Gasteiger partial charge in [-0.05, 0) is 17.5 Å². The van der Waals surface area contributed by atoms with Crippen LogP contribution in [0.25, 0.3) is 0 Å². The zero-order valence-electron chi connectivity index (χ0n) is 8.91. The van der Waals surface area contributed by atoms with Gasteiger partial charge in [0.25, 0.3) is 7.63 Å². The molecule has 0 fully saturated rings. The van der Waals surface area contributed by atoms with Crippen molar-refractivity contribution < 1.29 is 4.43 Å².